The second-order valence-corrected chi connectivity index (χ2v) is 9.66. The van der Waals surface area contributed by atoms with Gasteiger partial charge in [-0.25, -0.2) is 13.1 Å². The number of nitrogens with zero attached hydrogens (tertiary/aromatic N) is 2. The number of unbranched alkanes of at least 4 members (excludes halogenated alkanes) is 1. The number of benzene rings is 1. The number of hydrogen-bond acceptors (Lipinski definition) is 6. The third-order valence-corrected chi connectivity index (χ3v) is 6.95. The molecule has 30 heavy (non-hydrogen) atoms. The van der Waals surface area contributed by atoms with E-state index in [-0.39, 0.29) is 17.2 Å². The van der Waals surface area contributed by atoms with Gasteiger partial charge >= 0.3 is 0 Å². The lowest BCUT2D eigenvalue weighted by atomic mass is 10.3. The summed E-state index contributed by atoms with van der Waals surface area (Å²) in [5.74, 6) is 0.442. The van der Waals surface area contributed by atoms with Gasteiger partial charge in [0, 0.05) is 25.2 Å². The molecule has 1 amide bonds. The van der Waals surface area contributed by atoms with Crippen LogP contribution in [-0.2, 0) is 21.4 Å². The molecule has 2 heterocycles. The lowest BCUT2D eigenvalue weighted by Gasteiger charge is -2.10. The minimum absolute atomic E-state index is 0.119. The summed E-state index contributed by atoms with van der Waals surface area (Å²) in [5, 5.41) is 11.7. The van der Waals surface area contributed by atoms with Crippen molar-refractivity contribution in [2.24, 2.45) is 0 Å². The summed E-state index contributed by atoms with van der Waals surface area (Å²) in [5.41, 5.74) is 0.424. The van der Waals surface area contributed by atoms with E-state index in [9.17, 15) is 13.2 Å². The lowest BCUT2D eigenvalue weighted by molar-refractivity contribution is -0.116. The summed E-state index contributed by atoms with van der Waals surface area (Å²) in [6.45, 7) is 2.73. The first-order chi connectivity index (χ1) is 14.4. The van der Waals surface area contributed by atoms with Gasteiger partial charge in [0.1, 0.15) is 0 Å². The first-order valence-electron chi connectivity index (χ1n) is 9.49. The van der Waals surface area contributed by atoms with E-state index in [2.05, 4.69) is 20.2 Å². The van der Waals surface area contributed by atoms with E-state index in [4.69, 9.17) is 12.2 Å². The Kier molecular flexibility index (Phi) is 7.53. The molecular weight excluding hydrogens is 442 g/mol. The standard InChI is InChI=1S/C19H23N5O3S3/c1-2-3-10-20-30(26,27)15-7-4-6-14(13-15)21-17(25)9-11-24-18(22-23-19(24)28)16-8-5-12-29-16/h4-8,12-13,20H,2-3,9-11H2,1H3,(H,21,25)(H,23,28). The Balaban J connectivity index is 1.64. The SMILES string of the molecule is CCCCNS(=O)(=O)c1cccc(NC(=O)CCn2c(-c3cccs3)n[nH]c2=S)c1. The summed E-state index contributed by atoms with van der Waals surface area (Å²) in [6.07, 6.45) is 1.82. The summed E-state index contributed by atoms with van der Waals surface area (Å²) >= 11 is 6.81. The number of nitrogens with one attached hydrogen (secondary N) is 3. The first kappa shape index (κ1) is 22.3. The van der Waals surface area contributed by atoms with E-state index in [0.717, 1.165) is 17.7 Å². The van der Waals surface area contributed by atoms with Crippen LogP contribution in [0, 0.1) is 4.77 Å². The molecule has 0 saturated carbocycles. The van der Waals surface area contributed by atoms with E-state index >= 15 is 0 Å². The van der Waals surface area contributed by atoms with Crippen LogP contribution >= 0.6 is 23.6 Å². The number of carbonyl (C=O) groups excluding carboxylic acids is 1. The van der Waals surface area contributed by atoms with Crippen molar-refractivity contribution in [3.8, 4) is 10.7 Å². The Morgan fingerprint density at radius 1 is 1.30 bits per heavy atom. The predicted molar refractivity (Wildman–Crippen MR) is 121 cm³/mol. The zero-order valence-electron chi connectivity index (χ0n) is 16.4. The third-order valence-electron chi connectivity index (χ3n) is 4.31. The number of anilines is 1. The fourth-order valence-electron chi connectivity index (χ4n) is 2.76. The highest BCUT2D eigenvalue weighted by atomic mass is 32.2. The number of aromatic nitrogens is 3. The van der Waals surface area contributed by atoms with E-state index in [1.807, 2.05) is 24.4 Å². The predicted octanol–water partition coefficient (Wildman–Crippen LogP) is 3.78. The molecule has 0 bridgehead atoms. The molecule has 0 spiro atoms. The van der Waals surface area contributed by atoms with Crippen LogP contribution in [0.15, 0.2) is 46.7 Å². The Morgan fingerprint density at radius 2 is 2.13 bits per heavy atom. The van der Waals surface area contributed by atoms with Crippen LogP contribution < -0.4 is 10.0 Å². The molecule has 0 fully saturated rings. The molecule has 0 aliphatic carbocycles. The lowest BCUT2D eigenvalue weighted by Crippen LogP contribution is -2.25. The Morgan fingerprint density at radius 3 is 2.87 bits per heavy atom. The van der Waals surface area contributed by atoms with Gasteiger partial charge in [-0.2, -0.15) is 5.10 Å². The fourth-order valence-corrected chi connectivity index (χ4v) is 4.83. The van der Waals surface area contributed by atoms with Crippen molar-refractivity contribution in [2.75, 3.05) is 11.9 Å². The Labute approximate surface area is 184 Å². The van der Waals surface area contributed by atoms with Crippen molar-refractivity contribution < 1.29 is 13.2 Å². The third kappa shape index (κ3) is 5.63. The van der Waals surface area contributed by atoms with Crippen LogP contribution in [0.4, 0.5) is 5.69 Å². The molecule has 0 saturated heterocycles. The van der Waals surface area contributed by atoms with Gasteiger partial charge in [-0.1, -0.05) is 25.5 Å². The van der Waals surface area contributed by atoms with Crippen molar-refractivity contribution in [1.82, 2.24) is 19.5 Å². The zero-order chi connectivity index (χ0) is 21.6. The largest absolute Gasteiger partial charge is 0.326 e. The van der Waals surface area contributed by atoms with Gasteiger partial charge in [-0.3, -0.25) is 14.5 Å². The van der Waals surface area contributed by atoms with Crippen molar-refractivity contribution in [3.05, 3.63) is 46.5 Å². The summed E-state index contributed by atoms with van der Waals surface area (Å²) in [7, 11) is -3.61. The molecule has 0 aliphatic rings. The first-order valence-corrected chi connectivity index (χ1v) is 12.3. The highest BCUT2D eigenvalue weighted by Gasteiger charge is 2.15. The average molecular weight is 466 g/mol. The summed E-state index contributed by atoms with van der Waals surface area (Å²) < 4.78 is 29.5. The Hall–Kier alpha value is -2.34. The molecule has 3 rings (SSSR count). The van der Waals surface area contributed by atoms with Crippen LogP contribution in [0.3, 0.4) is 0 Å². The van der Waals surface area contributed by atoms with Crippen LogP contribution in [0.5, 0.6) is 0 Å². The maximum absolute atomic E-state index is 12.4. The topological polar surface area (TPSA) is 109 Å². The van der Waals surface area contributed by atoms with E-state index in [1.54, 1.807) is 16.7 Å². The molecule has 3 aromatic rings. The maximum atomic E-state index is 12.4. The summed E-state index contributed by atoms with van der Waals surface area (Å²) in [6, 6.07) is 10.1. The van der Waals surface area contributed by atoms with Gasteiger partial charge in [-0.05, 0) is 48.3 Å². The highest BCUT2D eigenvalue weighted by Crippen LogP contribution is 2.23. The normalized spacial score (nSPS) is 11.5. The molecule has 0 unspecified atom stereocenters. The average Bonchev–Trinajstić information content (AvgIpc) is 3.36. The second-order valence-electron chi connectivity index (χ2n) is 6.56. The highest BCUT2D eigenvalue weighted by molar-refractivity contribution is 7.89. The number of aromatic amines is 1. The maximum Gasteiger partial charge on any atom is 0.240 e. The molecular formula is C19H23N5O3S3. The zero-order valence-corrected chi connectivity index (χ0v) is 18.9. The molecule has 3 N–H and O–H groups in total. The number of rotatable bonds is 10. The monoisotopic (exact) mass is 465 g/mol. The fraction of sp³-hybridized carbons (Fsp3) is 0.316. The number of carbonyl (C=O) groups is 1. The molecule has 8 nitrogen and oxygen atoms in total. The van der Waals surface area contributed by atoms with E-state index in [0.29, 0.717) is 29.4 Å². The molecule has 0 aliphatic heterocycles. The van der Waals surface area contributed by atoms with Gasteiger partial charge in [0.2, 0.25) is 15.9 Å². The number of thiophene rings is 1. The number of hydrogen-bond donors (Lipinski definition) is 3. The van der Waals surface area contributed by atoms with Crippen molar-refractivity contribution in [3.63, 3.8) is 0 Å². The quantitative estimate of drug-likeness (QED) is 0.312. The minimum atomic E-state index is -3.61. The van der Waals surface area contributed by atoms with Crippen LogP contribution in [0.2, 0.25) is 0 Å². The van der Waals surface area contributed by atoms with Crippen molar-refractivity contribution >= 4 is 45.2 Å². The van der Waals surface area contributed by atoms with E-state index < -0.39 is 10.0 Å². The minimum Gasteiger partial charge on any atom is -0.326 e. The van der Waals surface area contributed by atoms with Crippen LogP contribution in [0.1, 0.15) is 26.2 Å². The van der Waals surface area contributed by atoms with Gasteiger partial charge < -0.3 is 5.32 Å². The van der Waals surface area contributed by atoms with Gasteiger partial charge in [0.15, 0.2) is 10.6 Å². The second kappa shape index (κ2) is 10.1. The molecule has 0 radical (unpaired) electrons. The number of sulfonamides is 1. The number of H-pyrrole nitrogens is 1. The molecule has 2 aromatic heterocycles. The van der Waals surface area contributed by atoms with Crippen LogP contribution in [0.25, 0.3) is 10.7 Å². The van der Waals surface area contributed by atoms with E-state index in [1.165, 1.54) is 23.5 Å². The molecule has 0 atom stereocenters. The molecule has 1 aromatic carbocycles. The van der Waals surface area contributed by atoms with Gasteiger partial charge in [0.25, 0.3) is 0 Å². The van der Waals surface area contributed by atoms with Crippen molar-refractivity contribution in [1.29, 1.82) is 0 Å². The van der Waals surface area contributed by atoms with Gasteiger partial charge in [-0.15, -0.1) is 11.3 Å². The van der Waals surface area contributed by atoms with Crippen molar-refractivity contribution in [2.45, 2.75) is 37.6 Å². The molecule has 11 heteroatoms. The van der Waals surface area contributed by atoms with Gasteiger partial charge in [0.05, 0.1) is 9.77 Å². The Bertz CT molecular complexity index is 1150. The van der Waals surface area contributed by atoms with Crippen LogP contribution in [-0.4, -0.2) is 35.6 Å². The number of amides is 1. The molecule has 160 valence electrons. The summed E-state index contributed by atoms with van der Waals surface area (Å²) in [4.78, 5) is 13.5. The smallest absolute Gasteiger partial charge is 0.240 e.